The number of sulfone groups is 1. The van der Waals surface area contributed by atoms with Gasteiger partial charge in [-0.15, -0.1) is 0 Å². The molecular weight excluding hydrogens is 329 g/mol. The number of carbonyl (C=O) groups excluding carboxylic acids is 1. The number of halogens is 1. The van der Waals surface area contributed by atoms with E-state index in [9.17, 15) is 17.6 Å². The summed E-state index contributed by atoms with van der Waals surface area (Å²) in [6.45, 7) is 0.179. The average molecular weight is 349 g/mol. The van der Waals surface area contributed by atoms with Gasteiger partial charge in [0.05, 0.1) is 5.75 Å². The highest BCUT2D eigenvalue weighted by molar-refractivity contribution is 7.92. The lowest BCUT2D eigenvalue weighted by Crippen LogP contribution is -2.31. The van der Waals surface area contributed by atoms with Crippen molar-refractivity contribution in [1.82, 2.24) is 5.32 Å². The van der Waals surface area contributed by atoms with Crippen LogP contribution >= 0.6 is 0 Å². The number of aryl methyl sites for hydroxylation is 1. The predicted molar refractivity (Wildman–Crippen MR) is 91.7 cm³/mol. The van der Waals surface area contributed by atoms with Gasteiger partial charge in [-0.3, -0.25) is 4.79 Å². The molecule has 0 aliphatic heterocycles. The minimum Gasteiger partial charge on any atom is -0.351 e. The molecule has 24 heavy (non-hydrogen) atoms. The van der Waals surface area contributed by atoms with Gasteiger partial charge in [0.2, 0.25) is 5.91 Å². The zero-order chi connectivity index (χ0) is 17.4. The molecule has 0 bridgehead atoms. The smallest absolute Gasteiger partial charge is 0.235 e. The third-order valence-corrected chi connectivity index (χ3v) is 5.13. The SMILES string of the molecule is O=C(CS(=O)(=O)CCCc1ccccc1)NCc1ccc(F)cc1. The molecule has 1 amide bonds. The highest BCUT2D eigenvalue weighted by atomic mass is 32.2. The van der Waals surface area contributed by atoms with Crippen LogP contribution in [0, 0.1) is 5.82 Å². The number of nitrogens with one attached hydrogen (secondary N) is 1. The molecule has 0 radical (unpaired) electrons. The van der Waals surface area contributed by atoms with Crippen LogP contribution in [0.25, 0.3) is 0 Å². The summed E-state index contributed by atoms with van der Waals surface area (Å²) in [6, 6.07) is 15.3. The van der Waals surface area contributed by atoms with E-state index in [1.807, 2.05) is 30.3 Å². The Morgan fingerprint density at radius 2 is 1.62 bits per heavy atom. The number of hydrogen-bond acceptors (Lipinski definition) is 3. The van der Waals surface area contributed by atoms with Crippen LogP contribution in [-0.2, 0) is 27.6 Å². The van der Waals surface area contributed by atoms with E-state index >= 15 is 0 Å². The Hall–Kier alpha value is -2.21. The summed E-state index contributed by atoms with van der Waals surface area (Å²) in [7, 11) is -3.43. The Kier molecular flexibility index (Phi) is 6.49. The van der Waals surface area contributed by atoms with Crippen molar-refractivity contribution >= 4 is 15.7 Å². The van der Waals surface area contributed by atoms with Gasteiger partial charge >= 0.3 is 0 Å². The second-order valence-electron chi connectivity index (χ2n) is 5.58. The summed E-state index contributed by atoms with van der Waals surface area (Å²) >= 11 is 0. The van der Waals surface area contributed by atoms with Crippen LogP contribution in [0.4, 0.5) is 4.39 Å². The van der Waals surface area contributed by atoms with Crippen LogP contribution in [0.15, 0.2) is 54.6 Å². The largest absolute Gasteiger partial charge is 0.351 e. The summed E-state index contributed by atoms with van der Waals surface area (Å²) in [5, 5.41) is 2.54. The van der Waals surface area contributed by atoms with Crippen molar-refractivity contribution in [3.63, 3.8) is 0 Å². The second-order valence-corrected chi connectivity index (χ2v) is 7.77. The number of carbonyl (C=O) groups is 1. The van der Waals surface area contributed by atoms with E-state index < -0.39 is 21.5 Å². The maximum atomic E-state index is 12.8. The van der Waals surface area contributed by atoms with Gasteiger partial charge in [0.25, 0.3) is 0 Å². The summed E-state index contributed by atoms with van der Waals surface area (Å²) in [6.07, 6.45) is 1.15. The van der Waals surface area contributed by atoms with Gasteiger partial charge in [-0.2, -0.15) is 0 Å². The van der Waals surface area contributed by atoms with E-state index in [2.05, 4.69) is 5.32 Å². The van der Waals surface area contributed by atoms with Crippen LogP contribution in [-0.4, -0.2) is 25.8 Å². The summed E-state index contributed by atoms with van der Waals surface area (Å²) < 4.78 is 36.7. The lowest BCUT2D eigenvalue weighted by molar-refractivity contribution is -0.118. The third-order valence-electron chi connectivity index (χ3n) is 3.52. The van der Waals surface area contributed by atoms with Crippen molar-refractivity contribution in [2.24, 2.45) is 0 Å². The van der Waals surface area contributed by atoms with E-state index in [-0.39, 0.29) is 18.1 Å². The Labute approximate surface area is 141 Å². The number of benzene rings is 2. The molecule has 0 aromatic heterocycles. The normalized spacial score (nSPS) is 11.2. The van der Waals surface area contributed by atoms with Crippen molar-refractivity contribution in [1.29, 1.82) is 0 Å². The molecule has 0 saturated carbocycles. The molecule has 1 N–H and O–H groups in total. The molecule has 2 rings (SSSR count). The van der Waals surface area contributed by atoms with Gasteiger partial charge in [-0.1, -0.05) is 42.5 Å². The van der Waals surface area contributed by atoms with Crippen molar-refractivity contribution < 1.29 is 17.6 Å². The Morgan fingerprint density at radius 3 is 2.29 bits per heavy atom. The Balaban J connectivity index is 1.74. The lowest BCUT2D eigenvalue weighted by atomic mass is 10.1. The van der Waals surface area contributed by atoms with Gasteiger partial charge in [0, 0.05) is 6.54 Å². The van der Waals surface area contributed by atoms with E-state index in [4.69, 9.17) is 0 Å². The molecular formula is C18H20FNO3S. The van der Waals surface area contributed by atoms with Crippen molar-refractivity contribution in [2.45, 2.75) is 19.4 Å². The molecule has 2 aromatic carbocycles. The van der Waals surface area contributed by atoms with E-state index in [0.717, 1.165) is 5.56 Å². The molecule has 0 aliphatic carbocycles. The molecule has 0 saturated heterocycles. The first-order valence-corrected chi connectivity index (χ1v) is 9.52. The minimum atomic E-state index is -3.43. The van der Waals surface area contributed by atoms with Gasteiger partial charge < -0.3 is 5.32 Å². The summed E-state index contributed by atoms with van der Waals surface area (Å²) in [5.41, 5.74) is 1.79. The standard InChI is InChI=1S/C18H20FNO3S/c19-17-10-8-16(9-11-17)13-20-18(21)14-24(22,23)12-4-7-15-5-2-1-3-6-15/h1-3,5-6,8-11H,4,7,12-14H2,(H,20,21). The first-order valence-electron chi connectivity index (χ1n) is 7.70. The number of hydrogen-bond donors (Lipinski definition) is 1. The molecule has 0 atom stereocenters. The summed E-state index contributed by atoms with van der Waals surface area (Å²) in [5.74, 6) is -1.44. The molecule has 2 aromatic rings. The van der Waals surface area contributed by atoms with Crippen molar-refractivity contribution in [2.75, 3.05) is 11.5 Å². The minimum absolute atomic E-state index is 0.0220. The predicted octanol–water partition coefficient (Wildman–Crippen LogP) is 2.49. The Morgan fingerprint density at radius 1 is 0.958 bits per heavy atom. The number of rotatable bonds is 8. The molecule has 128 valence electrons. The molecule has 0 unspecified atom stereocenters. The maximum Gasteiger partial charge on any atom is 0.235 e. The van der Waals surface area contributed by atoms with Crippen LogP contribution in [0.5, 0.6) is 0 Å². The fraction of sp³-hybridized carbons (Fsp3) is 0.278. The number of amides is 1. The summed E-state index contributed by atoms with van der Waals surface area (Å²) in [4.78, 5) is 11.8. The van der Waals surface area contributed by atoms with Crippen LogP contribution in [0.2, 0.25) is 0 Å². The van der Waals surface area contributed by atoms with Gasteiger partial charge in [0.15, 0.2) is 9.84 Å². The Bertz CT molecular complexity index is 759. The average Bonchev–Trinajstić information content (AvgIpc) is 2.55. The molecule has 0 heterocycles. The molecule has 4 nitrogen and oxygen atoms in total. The highest BCUT2D eigenvalue weighted by Crippen LogP contribution is 2.05. The van der Waals surface area contributed by atoms with Gasteiger partial charge in [0.1, 0.15) is 11.6 Å². The first kappa shape index (κ1) is 18.1. The quantitative estimate of drug-likeness (QED) is 0.796. The van der Waals surface area contributed by atoms with Gasteiger partial charge in [-0.05, 0) is 36.1 Å². The maximum absolute atomic E-state index is 12.8. The monoisotopic (exact) mass is 349 g/mol. The van der Waals surface area contributed by atoms with E-state index in [1.165, 1.54) is 12.1 Å². The van der Waals surface area contributed by atoms with Crippen LogP contribution in [0.1, 0.15) is 17.5 Å². The second kappa shape index (κ2) is 8.59. The molecule has 0 spiro atoms. The highest BCUT2D eigenvalue weighted by Gasteiger charge is 2.16. The molecule has 0 aliphatic rings. The fourth-order valence-electron chi connectivity index (χ4n) is 2.27. The van der Waals surface area contributed by atoms with Crippen LogP contribution in [0.3, 0.4) is 0 Å². The molecule has 6 heteroatoms. The fourth-order valence-corrected chi connectivity index (χ4v) is 3.50. The first-order chi connectivity index (χ1) is 11.4. The van der Waals surface area contributed by atoms with Crippen molar-refractivity contribution in [3.05, 3.63) is 71.5 Å². The lowest BCUT2D eigenvalue weighted by Gasteiger charge is -2.07. The third kappa shape index (κ3) is 6.50. The topological polar surface area (TPSA) is 63.2 Å². The van der Waals surface area contributed by atoms with E-state index in [0.29, 0.717) is 18.4 Å². The van der Waals surface area contributed by atoms with Crippen molar-refractivity contribution in [3.8, 4) is 0 Å². The van der Waals surface area contributed by atoms with E-state index in [1.54, 1.807) is 12.1 Å². The van der Waals surface area contributed by atoms with Crippen LogP contribution < -0.4 is 5.32 Å². The zero-order valence-electron chi connectivity index (χ0n) is 13.2. The zero-order valence-corrected chi connectivity index (χ0v) is 14.1. The van der Waals surface area contributed by atoms with Gasteiger partial charge in [-0.25, -0.2) is 12.8 Å². The molecule has 0 fully saturated rings.